The lowest BCUT2D eigenvalue weighted by atomic mass is 10.0. The van der Waals surface area contributed by atoms with Crippen molar-refractivity contribution in [2.45, 2.75) is 39.2 Å². The summed E-state index contributed by atoms with van der Waals surface area (Å²) in [6, 6.07) is 6.25. The normalized spacial score (nSPS) is 12.2. The van der Waals surface area contributed by atoms with E-state index in [1.165, 1.54) is 5.56 Å². The van der Waals surface area contributed by atoms with E-state index in [0.29, 0.717) is 6.61 Å². The van der Waals surface area contributed by atoms with Crippen LogP contribution in [-0.2, 0) is 6.42 Å². The Morgan fingerprint density at radius 1 is 1.24 bits per heavy atom. The molecule has 96 valence electrons. The van der Waals surface area contributed by atoms with E-state index in [1.54, 1.807) is 7.11 Å². The number of benzene rings is 1. The van der Waals surface area contributed by atoms with Crippen molar-refractivity contribution in [1.82, 2.24) is 0 Å². The second-order valence-corrected chi connectivity index (χ2v) is 4.17. The maximum absolute atomic E-state index is 6.03. The van der Waals surface area contributed by atoms with Crippen LogP contribution in [0.15, 0.2) is 18.2 Å². The second-order valence-electron chi connectivity index (χ2n) is 4.17. The maximum Gasteiger partial charge on any atom is 0.161 e. The number of ether oxygens (including phenoxy) is 2. The van der Waals surface area contributed by atoms with E-state index in [1.807, 2.05) is 19.1 Å². The minimum absolute atomic E-state index is 0.225. The number of nitrogens with two attached hydrogens (primary N) is 1. The minimum atomic E-state index is 0.225. The lowest BCUT2D eigenvalue weighted by Gasteiger charge is -2.13. The molecular weight excluding hydrogens is 214 g/mol. The molecular formula is C14H23NO2. The molecule has 1 atom stereocenters. The molecule has 1 aromatic carbocycles. The first-order valence-electron chi connectivity index (χ1n) is 6.26. The van der Waals surface area contributed by atoms with Crippen LogP contribution in [0, 0.1) is 0 Å². The molecule has 2 N–H and O–H groups in total. The molecule has 0 bridgehead atoms. The Hall–Kier alpha value is -1.22. The third kappa shape index (κ3) is 4.27. The van der Waals surface area contributed by atoms with E-state index in [9.17, 15) is 0 Å². The molecule has 0 aliphatic heterocycles. The first-order chi connectivity index (χ1) is 8.21. The fourth-order valence-electron chi connectivity index (χ4n) is 1.89. The van der Waals surface area contributed by atoms with E-state index < -0.39 is 0 Å². The smallest absolute Gasteiger partial charge is 0.161 e. The van der Waals surface area contributed by atoms with Gasteiger partial charge < -0.3 is 15.2 Å². The standard InChI is InChI=1S/C14H23NO2/c1-4-6-12(15)9-11-7-8-13(17-5-2)14(10-11)16-3/h7-8,10,12H,4-6,9,15H2,1-3H3. The molecule has 1 rings (SSSR count). The lowest BCUT2D eigenvalue weighted by Crippen LogP contribution is -2.22. The predicted octanol–water partition coefficient (Wildman–Crippen LogP) is 2.76. The van der Waals surface area contributed by atoms with Gasteiger partial charge in [0, 0.05) is 6.04 Å². The molecule has 0 amide bonds. The molecule has 0 spiro atoms. The first kappa shape index (κ1) is 13.8. The Morgan fingerprint density at radius 3 is 2.59 bits per heavy atom. The van der Waals surface area contributed by atoms with Crippen LogP contribution in [0.4, 0.5) is 0 Å². The highest BCUT2D eigenvalue weighted by molar-refractivity contribution is 5.43. The fraction of sp³-hybridized carbons (Fsp3) is 0.571. The minimum Gasteiger partial charge on any atom is -0.493 e. The van der Waals surface area contributed by atoms with E-state index in [-0.39, 0.29) is 6.04 Å². The Bertz CT molecular complexity index is 339. The summed E-state index contributed by atoms with van der Waals surface area (Å²) in [6.07, 6.45) is 3.06. The molecule has 17 heavy (non-hydrogen) atoms. The zero-order valence-electron chi connectivity index (χ0n) is 11.0. The van der Waals surface area contributed by atoms with Gasteiger partial charge in [0.15, 0.2) is 11.5 Å². The van der Waals surface area contributed by atoms with E-state index in [2.05, 4.69) is 13.0 Å². The van der Waals surface area contributed by atoms with Crippen LogP contribution in [0.3, 0.4) is 0 Å². The number of hydrogen-bond donors (Lipinski definition) is 1. The topological polar surface area (TPSA) is 44.5 Å². The summed E-state index contributed by atoms with van der Waals surface area (Å²) < 4.78 is 10.8. The number of rotatable bonds is 7. The lowest BCUT2D eigenvalue weighted by molar-refractivity contribution is 0.310. The van der Waals surface area contributed by atoms with Gasteiger partial charge in [0.25, 0.3) is 0 Å². The van der Waals surface area contributed by atoms with Crippen LogP contribution in [0.1, 0.15) is 32.3 Å². The average Bonchev–Trinajstić information content (AvgIpc) is 2.31. The van der Waals surface area contributed by atoms with Crippen LogP contribution in [-0.4, -0.2) is 19.8 Å². The highest BCUT2D eigenvalue weighted by Gasteiger charge is 2.08. The fourth-order valence-corrected chi connectivity index (χ4v) is 1.89. The second kappa shape index (κ2) is 7.17. The van der Waals surface area contributed by atoms with Crippen LogP contribution in [0.5, 0.6) is 11.5 Å². The zero-order chi connectivity index (χ0) is 12.7. The molecule has 1 unspecified atom stereocenters. The van der Waals surface area contributed by atoms with Gasteiger partial charge in [-0.05, 0) is 37.5 Å². The summed E-state index contributed by atoms with van der Waals surface area (Å²) >= 11 is 0. The third-order valence-electron chi connectivity index (χ3n) is 2.69. The molecule has 0 saturated carbocycles. The molecule has 0 aromatic heterocycles. The summed E-state index contributed by atoms with van der Waals surface area (Å²) in [4.78, 5) is 0. The van der Waals surface area contributed by atoms with Crippen molar-refractivity contribution >= 4 is 0 Å². The van der Waals surface area contributed by atoms with Crippen molar-refractivity contribution in [2.24, 2.45) is 5.73 Å². The Kier molecular flexibility index (Phi) is 5.84. The molecule has 1 aromatic rings. The van der Waals surface area contributed by atoms with E-state index in [4.69, 9.17) is 15.2 Å². The van der Waals surface area contributed by atoms with Crippen molar-refractivity contribution in [3.05, 3.63) is 23.8 Å². The molecule has 0 saturated heterocycles. The Morgan fingerprint density at radius 2 is 2.00 bits per heavy atom. The van der Waals surface area contributed by atoms with Gasteiger partial charge in [0.1, 0.15) is 0 Å². The molecule has 0 fully saturated rings. The molecule has 0 aliphatic carbocycles. The van der Waals surface area contributed by atoms with E-state index >= 15 is 0 Å². The number of hydrogen-bond acceptors (Lipinski definition) is 3. The van der Waals surface area contributed by atoms with Crippen LogP contribution in [0.25, 0.3) is 0 Å². The van der Waals surface area contributed by atoms with Gasteiger partial charge in [-0.1, -0.05) is 19.4 Å². The Balaban J connectivity index is 2.74. The SMILES string of the molecule is CCCC(N)Cc1ccc(OCC)c(OC)c1. The van der Waals surface area contributed by atoms with Crippen molar-refractivity contribution in [2.75, 3.05) is 13.7 Å². The van der Waals surface area contributed by atoms with E-state index in [0.717, 1.165) is 30.8 Å². The molecule has 0 aliphatic rings. The summed E-state index contributed by atoms with van der Waals surface area (Å²) in [5.41, 5.74) is 7.23. The molecule has 0 radical (unpaired) electrons. The predicted molar refractivity (Wildman–Crippen MR) is 70.8 cm³/mol. The summed E-state index contributed by atoms with van der Waals surface area (Å²) in [7, 11) is 1.66. The molecule has 3 nitrogen and oxygen atoms in total. The highest BCUT2D eigenvalue weighted by atomic mass is 16.5. The number of methoxy groups -OCH3 is 1. The van der Waals surface area contributed by atoms with Gasteiger partial charge in [-0.15, -0.1) is 0 Å². The molecule has 0 heterocycles. The van der Waals surface area contributed by atoms with Crippen molar-refractivity contribution in [3.63, 3.8) is 0 Å². The van der Waals surface area contributed by atoms with Crippen molar-refractivity contribution in [1.29, 1.82) is 0 Å². The maximum atomic E-state index is 6.03. The van der Waals surface area contributed by atoms with Crippen molar-refractivity contribution < 1.29 is 9.47 Å². The van der Waals surface area contributed by atoms with Gasteiger partial charge in [-0.2, -0.15) is 0 Å². The zero-order valence-corrected chi connectivity index (χ0v) is 11.0. The third-order valence-corrected chi connectivity index (χ3v) is 2.69. The Labute approximate surface area is 104 Å². The monoisotopic (exact) mass is 237 g/mol. The summed E-state index contributed by atoms with van der Waals surface area (Å²) in [6.45, 7) is 4.76. The van der Waals surface area contributed by atoms with Gasteiger partial charge in [-0.3, -0.25) is 0 Å². The first-order valence-corrected chi connectivity index (χ1v) is 6.26. The highest BCUT2D eigenvalue weighted by Crippen LogP contribution is 2.28. The summed E-state index contributed by atoms with van der Waals surface area (Å²) in [5.74, 6) is 1.58. The largest absolute Gasteiger partial charge is 0.493 e. The van der Waals surface area contributed by atoms with Gasteiger partial charge in [0.05, 0.1) is 13.7 Å². The average molecular weight is 237 g/mol. The van der Waals surface area contributed by atoms with Crippen molar-refractivity contribution in [3.8, 4) is 11.5 Å². The quantitative estimate of drug-likeness (QED) is 0.793. The van der Waals surface area contributed by atoms with Gasteiger partial charge >= 0.3 is 0 Å². The van der Waals surface area contributed by atoms with Crippen LogP contribution >= 0.6 is 0 Å². The summed E-state index contributed by atoms with van der Waals surface area (Å²) in [5, 5.41) is 0. The van der Waals surface area contributed by atoms with Gasteiger partial charge in [-0.25, -0.2) is 0 Å². The van der Waals surface area contributed by atoms with Gasteiger partial charge in [0.2, 0.25) is 0 Å². The van der Waals surface area contributed by atoms with Crippen LogP contribution < -0.4 is 15.2 Å². The van der Waals surface area contributed by atoms with Crippen LogP contribution in [0.2, 0.25) is 0 Å². The molecule has 3 heteroatoms.